The van der Waals surface area contributed by atoms with Gasteiger partial charge in [0.15, 0.2) is 0 Å². The summed E-state index contributed by atoms with van der Waals surface area (Å²) in [5.74, 6) is -0.0605. The molecule has 0 saturated heterocycles. The number of fused-ring (bicyclic) bond motifs is 2. The van der Waals surface area contributed by atoms with E-state index in [-0.39, 0.29) is 10.6 Å². The second kappa shape index (κ2) is 7.10. The van der Waals surface area contributed by atoms with Gasteiger partial charge in [0.25, 0.3) is 11.5 Å². The zero-order chi connectivity index (χ0) is 20.7. The lowest BCUT2D eigenvalue weighted by atomic mass is 10.2. The second-order valence-corrected chi connectivity index (χ2v) is 7.25. The van der Waals surface area contributed by atoms with Gasteiger partial charge in [-0.05, 0) is 24.3 Å². The predicted molar refractivity (Wildman–Crippen MR) is 111 cm³/mol. The van der Waals surface area contributed by atoms with Gasteiger partial charge in [-0.25, -0.2) is 9.07 Å². The van der Waals surface area contributed by atoms with Crippen LogP contribution in [0.25, 0.3) is 21.0 Å². The Labute approximate surface area is 168 Å². The Balaban J connectivity index is 1.84. The highest BCUT2D eigenvalue weighted by Crippen LogP contribution is 2.34. The number of halogens is 1. The molecule has 29 heavy (non-hydrogen) atoms. The van der Waals surface area contributed by atoms with Crippen molar-refractivity contribution in [1.82, 2.24) is 4.68 Å². The molecule has 0 radical (unpaired) electrons. The molecule has 3 N–H and O–H groups in total. The number of amides is 1. The molecule has 0 fully saturated rings. The molecular weight excluding hydrogens is 397 g/mol. The predicted octanol–water partition coefficient (Wildman–Crippen LogP) is 3.34. The Morgan fingerprint density at radius 2 is 1.86 bits per heavy atom. The molecule has 0 saturated carbocycles. The van der Waals surface area contributed by atoms with Crippen molar-refractivity contribution in [3.8, 4) is 11.5 Å². The van der Waals surface area contributed by atoms with Crippen molar-refractivity contribution < 1.29 is 18.7 Å². The average molecular weight is 413 g/mol. The molecule has 0 atom stereocenters. The third-order valence-corrected chi connectivity index (χ3v) is 5.68. The highest BCUT2D eigenvalue weighted by Gasteiger charge is 2.19. The molecule has 1 amide bonds. The van der Waals surface area contributed by atoms with Gasteiger partial charge in [0, 0.05) is 33.7 Å². The molecule has 2 aromatic carbocycles. The number of carbonyl (C=O) groups excluding carboxylic acids is 1. The second-order valence-electron chi connectivity index (χ2n) is 6.20. The summed E-state index contributed by atoms with van der Waals surface area (Å²) in [5.41, 5.74) is 8.84. The number of thiophene rings is 1. The van der Waals surface area contributed by atoms with E-state index in [1.54, 1.807) is 18.2 Å². The van der Waals surface area contributed by atoms with Gasteiger partial charge in [-0.2, -0.15) is 0 Å². The zero-order valence-corrected chi connectivity index (χ0v) is 16.3. The van der Waals surface area contributed by atoms with Gasteiger partial charge < -0.3 is 15.2 Å². The lowest BCUT2D eigenvalue weighted by Crippen LogP contribution is -2.32. The van der Waals surface area contributed by atoms with Crippen LogP contribution in [-0.4, -0.2) is 24.8 Å². The number of anilines is 1. The molecule has 2 aromatic heterocycles. The van der Waals surface area contributed by atoms with E-state index in [0.717, 1.165) is 16.0 Å². The molecule has 0 unspecified atom stereocenters. The molecular formula is C20H16FN3O4S. The van der Waals surface area contributed by atoms with Gasteiger partial charge in [0.2, 0.25) is 0 Å². The largest absolute Gasteiger partial charge is 0.497 e. The van der Waals surface area contributed by atoms with Crippen molar-refractivity contribution in [2.75, 3.05) is 25.4 Å². The number of carbonyl (C=O) groups is 1. The summed E-state index contributed by atoms with van der Waals surface area (Å²) >= 11 is 1.05. The van der Waals surface area contributed by atoms with Crippen molar-refractivity contribution in [3.63, 3.8) is 0 Å². The minimum Gasteiger partial charge on any atom is -0.497 e. The van der Waals surface area contributed by atoms with Crippen LogP contribution in [0, 0.1) is 5.82 Å². The van der Waals surface area contributed by atoms with Crippen LogP contribution in [0.2, 0.25) is 0 Å². The van der Waals surface area contributed by atoms with E-state index >= 15 is 0 Å². The number of hydrogen-bond acceptors (Lipinski definition) is 6. The maximum atomic E-state index is 13.5. The van der Waals surface area contributed by atoms with Crippen LogP contribution in [0.15, 0.2) is 47.3 Å². The van der Waals surface area contributed by atoms with Crippen LogP contribution in [0.3, 0.4) is 0 Å². The number of nitrogens with one attached hydrogen (secondary N) is 1. The van der Waals surface area contributed by atoms with Crippen molar-refractivity contribution in [1.29, 1.82) is 0 Å². The topological polar surface area (TPSA) is 95.6 Å². The molecule has 7 nitrogen and oxygen atoms in total. The molecule has 0 aliphatic heterocycles. The Kier molecular flexibility index (Phi) is 4.59. The van der Waals surface area contributed by atoms with Crippen LogP contribution >= 0.6 is 11.3 Å². The normalized spacial score (nSPS) is 11.0. The van der Waals surface area contributed by atoms with Gasteiger partial charge in [-0.1, -0.05) is 0 Å². The number of methoxy groups -OCH3 is 2. The molecule has 9 heteroatoms. The molecule has 0 spiro atoms. The summed E-state index contributed by atoms with van der Waals surface area (Å²) < 4.78 is 25.8. The summed E-state index contributed by atoms with van der Waals surface area (Å²) in [7, 11) is 2.99. The number of hydrogen-bond donors (Lipinski definition) is 2. The number of rotatable bonds is 4. The summed E-state index contributed by atoms with van der Waals surface area (Å²) in [5, 5.41) is 1.19. The Morgan fingerprint density at radius 3 is 2.59 bits per heavy atom. The maximum absolute atomic E-state index is 13.5. The van der Waals surface area contributed by atoms with E-state index in [9.17, 15) is 14.0 Å². The number of nitrogen functional groups attached to an aromatic ring is 1. The zero-order valence-electron chi connectivity index (χ0n) is 15.5. The average Bonchev–Trinajstić information content (AvgIpc) is 3.04. The summed E-state index contributed by atoms with van der Waals surface area (Å²) in [6.45, 7) is 0. The lowest BCUT2D eigenvalue weighted by Gasteiger charge is -2.14. The number of nitrogens with two attached hydrogens (primary N) is 1. The number of ether oxygens (including phenoxy) is 2. The van der Waals surface area contributed by atoms with Crippen LogP contribution in [0.5, 0.6) is 11.5 Å². The highest BCUT2D eigenvalue weighted by molar-refractivity contribution is 7.21. The van der Waals surface area contributed by atoms with Crippen molar-refractivity contribution >= 4 is 43.9 Å². The van der Waals surface area contributed by atoms with Crippen molar-refractivity contribution in [3.05, 3.63) is 63.5 Å². The first kappa shape index (κ1) is 18.8. The van der Waals surface area contributed by atoms with Crippen LogP contribution in [0.1, 0.15) is 9.67 Å². The van der Waals surface area contributed by atoms with E-state index in [1.165, 1.54) is 38.5 Å². The Morgan fingerprint density at radius 1 is 1.10 bits per heavy atom. The van der Waals surface area contributed by atoms with E-state index in [2.05, 4.69) is 5.43 Å². The van der Waals surface area contributed by atoms with Crippen molar-refractivity contribution in [2.45, 2.75) is 0 Å². The van der Waals surface area contributed by atoms with E-state index in [4.69, 9.17) is 15.2 Å². The van der Waals surface area contributed by atoms with Crippen LogP contribution < -0.4 is 26.2 Å². The quantitative estimate of drug-likeness (QED) is 0.535. The first-order chi connectivity index (χ1) is 13.9. The number of aromatic nitrogens is 1. The fourth-order valence-electron chi connectivity index (χ4n) is 3.10. The SMILES string of the molecule is COc1cc(OC)c2ccc(=O)n(NC(=O)c3sc4cc(F)ccc4c3N)c2c1. The highest BCUT2D eigenvalue weighted by atomic mass is 32.1. The van der Waals surface area contributed by atoms with Crippen molar-refractivity contribution in [2.24, 2.45) is 0 Å². The fourth-order valence-corrected chi connectivity index (χ4v) is 4.14. The number of benzene rings is 2. The molecule has 2 heterocycles. The molecule has 4 aromatic rings. The Bertz CT molecular complexity index is 1330. The van der Waals surface area contributed by atoms with E-state index in [0.29, 0.717) is 32.5 Å². The molecule has 0 aliphatic rings. The fraction of sp³-hybridized carbons (Fsp3) is 0.100. The monoisotopic (exact) mass is 413 g/mol. The molecule has 0 aliphatic carbocycles. The van der Waals surface area contributed by atoms with Gasteiger partial charge in [-0.15, -0.1) is 11.3 Å². The third kappa shape index (κ3) is 3.15. The minimum atomic E-state index is -0.583. The third-order valence-electron chi connectivity index (χ3n) is 4.51. The summed E-state index contributed by atoms with van der Waals surface area (Å²) in [4.78, 5) is 25.6. The molecule has 4 rings (SSSR count). The first-order valence-corrected chi connectivity index (χ1v) is 9.31. The lowest BCUT2D eigenvalue weighted by molar-refractivity contribution is 0.101. The summed E-state index contributed by atoms with van der Waals surface area (Å²) in [6, 6.07) is 10.3. The first-order valence-electron chi connectivity index (χ1n) is 8.49. The summed E-state index contributed by atoms with van der Waals surface area (Å²) in [6.07, 6.45) is 0. The number of pyridine rings is 1. The maximum Gasteiger partial charge on any atom is 0.282 e. The van der Waals surface area contributed by atoms with E-state index in [1.807, 2.05) is 0 Å². The van der Waals surface area contributed by atoms with Gasteiger partial charge in [0.1, 0.15) is 22.2 Å². The standard InChI is InChI=1S/C20H16FN3O4S/c1-27-11-8-14-12(15(9-11)28-2)5-6-17(25)24(14)23-20(26)19-18(22)13-4-3-10(21)7-16(13)29-19/h3-9H,22H2,1-2H3,(H,23,26). The molecule has 148 valence electrons. The van der Waals surface area contributed by atoms with Gasteiger partial charge >= 0.3 is 0 Å². The minimum absolute atomic E-state index is 0.185. The smallest absolute Gasteiger partial charge is 0.282 e. The van der Waals surface area contributed by atoms with E-state index < -0.39 is 17.3 Å². The van der Waals surface area contributed by atoms with Crippen LogP contribution in [-0.2, 0) is 0 Å². The number of nitrogens with zero attached hydrogens (tertiary/aromatic N) is 1. The van der Waals surface area contributed by atoms with Gasteiger partial charge in [-0.3, -0.25) is 15.0 Å². The molecule has 0 bridgehead atoms. The van der Waals surface area contributed by atoms with Crippen LogP contribution in [0.4, 0.5) is 10.1 Å². The Hall–Kier alpha value is -3.59. The van der Waals surface area contributed by atoms with Gasteiger partial charge in [0.05, 0.1) is 25.4 Å².